The Balaban J connectivity index is 1.34. The Hall–Kier alpha value is -4.37. The molecule has 0 aromatic heterocycles. The number of hydrogen-bond donors (Lipinski definition) is 4. The third kappa shape index (κ3) is 5.12. The van der Waals surface area contributed by atoms with Crippen LogP contribution in [0.3, 0.4) is 0 Å². The largest absolute Gasteiger partial charge is 0.507 e. The zero-order valence-corrected chi connectivity index (χ0v) is 20.9. The molecule has 9 heteroatoms. The molecule has 5 rings (SSSR count). The molecular weight excluding hydrogens is 488 g/mol. The van der Waals surface area contributed by atoms with E-state index in [-0.39, 0.29) is 22.3 Å². The third-order valence-electron chi connectivity index (χ3n) is 6.25. The summed E-state index contributed by atoms with van der Waals surface area (Å²) in [4.78, 5) is 9.14. The van der Waals surface area contributed by atoms with E-state index in [1.807, 2.05) is 43.5 Å². The molecule has 0 spiro atoms. The van der Waals surface area contributed by atoms with Crippen molar-refractivity contribution in [2.24, 2.45) is 15.9 Å². The van der Waals surface area contributed by atoms with E-state index in [2.05, 4.69) is 15.0 Å². The van der Waals surface area contributed by atoms with Gasteiger partial charge in [0, 0.05) is 29.7 Å². The highest BCUT2D eigenvalue weighted by molar-refractivity contribution is 7.92. The van der Waals surface area contributed by atoms with E-state index in [4.69, 9.17) is 4.99 Å². The highest BCUT2D eigenvalue weighted by atomic mass is 32.2. The Morgan fingerprint density at radius 1 is 0.946 bits per heavy atom. The molecule has 0 fully saturated rings. The molecule has 1 unspecified atom stereocenters. The first-order valence-corrected chi connectivity index (χ1v) is 13.2. The number of anilines is 1. The molecule has 0 saturated heterocycles. The van der Waals surface area contributed by atoms with Crippen molar-refractivity contribution in [3.63, 3.8) is 0 Å². The maximum absolute atomic E-state index is 12.6. The lowest BCUT2D eigenvalue weighted by Gasteiger charge is -2.29. The van der Waals surface area contributed by atoms with Crippen LogP contribution in [-0.4, -0.2) is 37.1 Å². The second-order valence-electron chi connectivity index (χ2n) is 8.85. The van der Waals surface area contributed by atoms with E-state index in [1.54, 1.807) is 36.4 Å². The van der Waals surface area contributed by atoms with E-state index in [0.717, 1.165) is 22.5 Å². The van der Waals surface area contributed by atoms with Crippen molar-refractivity contribution in [2.45, 2.75) is 18.4 Å². The third-order valence-corrected chi connectivity index (χ3v) is 7.68. The van der Waals surface area contributed by atoms with Crippen molar-refractivity contribution in [3.05, 3.63) is 107 Å². The fourth-order valence-electron chi connectivity index (χ4n) is 4.34. The van der Waals surface area contributed by atoms with E-state index in [0.29, 0.717) is 30.1 Å². The number of hydrogen-bond acceptors (Lipinski definition) is 7. The van der Waals surface area contributed by atoms with Crippen LogP contribution in [0.15, 0.2) is 111 Å². The van der Waals surface area contributed by atoms with Gasteiger partial charge < -0.3 is 15.5 Å². The second kappa shape index (κ2) is 9.94. The molecule has 2 aliphatic rings. The van der Waals surface area contributed by atoms with Gasteiger partial charge >= 0.3 is 0 Å². The molecule has 4 N–H and O–H groups in total. The molecule has 0 radical (unpaired) electrons. The molecule has 0 amide bonds. The molecule has 3 aromatic carbocycles. The number of aromatic hydroxyl groups is 2. The van der Waals surface area contributed by atoms with Crippen molar-refractivity contribution in [1.29, 1.82) is 0 Å². The first kappa shape index (κ1) is 24.3. The molecule has 2 heterocycles. The van der Waals surface area contributed by atoms with Crippen LogP contribution >= 0.6 is 0 Å². The van der Waals surface area contributed by atoms with Crippen LogP contribution in [0.2, 0.25) is 0 Å². The molecule has 0 aliphatic carbocycles. The highest BCUT2D eigenvalue weighted by Gasteiger charge is 2.28. The number of rotatable bonds is 7. The molecule has 3 aromatic rings. The van der Waals surface area contributed by atoms with Gasteiger partial charge in [-0.2, -0.15) is 0 Å². The molecular formula is C28H26N4O4S. The van der Waals surface area contributed by atoms with E-state index >= 15 is 0 Å². The van der Waals surface area contributed by atoms with Crippen LogP contribution in [0.4, 0.5) is 5.69 Å². The topological polar surface area (TPSA) is 123 Å². The second-order valence-corrected chi connectivity index (χ2v) is 10.5. The van der Waals surface area contributed by atoms with Gasteiger partial charge in [0.1, 0.15) is 16.4 Å². The summed E-state index contributed by atoms with van der Waals surface area (Å²) in [5, 5.41) is 23.8. The molecule has 2 aliphatic heterocycles. The maximum Gasteiger partial charge on any atom is 0.265 e. The average molecular weight is 515 g/mol. The van der Waals surface area contributed by atoms with Crippen LogP contribution in [0.25, 0.3) is 0 Å². The zero-order valence-electron chi connectivity index (χ0n) is 20.1. The minimum absolute atomic E-state index is 0.00996. The average Bonchev–Trinajstić information content (AvgIpc) is 2.89. The number of nitrogens with zero attached hydrogens (tertiary/aromatic N) is 2. The number of para-hydroxylation sites is 2. The molecule has 188 valence electrons. The SMILES string of the molecule is CC1=C2N=C(c3ccccc3O)C=C(NCc3ccc(NS(=O)(=O)c4ccccc4O)cc3)C2CN=C1. The van der Waals surface area contributed by atoms with Crippen molar-refractivity contribution in [3.8, 4) is 11.5 Å². The number of phenolic OH excluding ortho intramolecular Hbond substituents is 2. The van der Waals surface area contributed by atoms with Gasteiger partial charge in [0.2, 0.25) is 0 Å². The van der Waals surface area contributed by atoms with E-state index < -0.39 is 10.0 Å². The number of benzene rings is 3. The number of fused-ring (bicyclic) bond motifs is 1. The number of dihydropyridines is 2. The van der Waals surface area contributed by atoms with Crippen LogP contribution in [0.5, 0.6) is 11.5 Å². The molecule has 0 saturated carbocycles. The van der Waals surface area contributed by atoms with Gasteiger partial charge in [0.05, 0.1) is 23.9 Å². The number of phenols is 2. The minimum Gasteiger partial charge on any atom is -0.507 e. The summed E-state index contributed by atoms with van der Waals surface area (Å²) in [6.45, 7) is 3.06. The van der Waals surface area contributed by atoms with Crippen LogP contribution < -0.4 is 10.0 Å². The molecule has 1 atom stereocenters. The number of allylic oxidation sites excluding steroid dienone is 2. The monoisotopic (exact) mass is 514 g/mol. The Labute approximate surface area is 215 Å². The fraction of sp³-hybridized carbons (Fsp3) is 0.143. The van der Waals surface area contributed by atoms with Gasteiger partial charge in [-0.3, -0.25) is 14.7 Å². The Kier molecular flexibility index (Phi) is 6.54. The molecule has 8 nitrogen and oxygen atoms in total. The summed E-state index contributed by atoms with van der Waals surface area (Å²) >= 11 is 0. The molecule has 0 bridgehead atoms. The number of nitrogens with one attached hydrogen (secondary N) is 2. The first-order chi connectivity index (χ1) is 17.8. The lowest BCUT2D eigenvalue weighted by molar-refractivity contribution is 0.459. The highest BCUT2D eigenvalue weighted by Crippen LogP contribution is 2.33. The number of aliphatic imine (C=N–C) groups is 2. The summed E-state index contributed by atoms with van der Waals surface area (Å²) in [5.41, 5.74) is 5.52. The smallest absolute Gasteiger partial charge is 0.265 e. The van der Waals surface area contributed by atoms with Crippen molar-refractivity contribution < 1.29 is 18.6 Å². The van der Waals surface area contributed by atoms with Crippen molar-refractivity contribution in [2.75, 3.05) is 11.3 Å². The van der Waals surface area contributed by atoms with Gasteiger partial charge in [-0.15, -0.1) is 0 Å². The zero-order chi connectivity index (χ0) is 26.0. The van der Waals surface area contributed by atoms with Crippen LogP contribution in [-0.2, 0) is 16.6 Å². The fourth-order valence-corrected chi connectivity index (χ4v) is 5.49. The summed E-state index contributed by atoms with van der Waals surface area (Å²) in [5.74, 6) is -0.150. The summed E-state index contributed by atoms with van der Waals surface area (Å²) in [7, 11) is -3.92. The van der Waals surface area contributed by atoms with Gasteiger partial charge in [0.15, 0.2) is 0 Å². The number of sulfonamides is 1. The van der Waals surface area contributed by atoms with Crippen molar-refractivity contribution in [1.82, 2.24) is 5.32 Å². The van der Waals surface area contributed by atoms with Gasteiger partial charge in [-0.25, -0.2) is 8.42 Å². The normalized spacial score (nSPS) is 17.1. The Morgan fingerprint density at radius 3 is 2.38 bits per heavy atom. The van der Waals surface area contributed by atoms with Gasteiger partial charge in [-0.05, 0) is 60.5 Å². The van der Waals surface area contributed by atoms with Crippen molar-refractivity contribution >= 4 is 27.6 Å². The first-order valence-electron chi connectivity index (χ1n) is 11.7. The Morgan fingerprint density at radius 2 is 1.65 bits per heavy atom. The lowest BCUT2D eigenvalue weighted by Crippen LogP contribution is -2.29. The van der Waals surface area contributed by atoms with E-state index in [9.17, 15) is 18.6 Å². The predicted molar refractivity (Wildman–Crippen MR) is 144 cm³/mol. The van der Waals surface area contributed by atoms with Crippen LogP contribution in [0.1, 0.15) is 18.1 Å². The summed E-state index contributed by atoms with van der Waals surface area (Å²) < 4.78 is 27.8. The lowest BCUT2D eigenvalue weighted by atomic mass is 9.90. The summed E-state index contributed by atoms with van der Waals surface area (Å²) in [6.07, 6.45) is 3.78. The van der Waals surface area contributed by atoms with Crippen LogP contribution in [0, 0.1) is 5.92 Å². The van der Waals surface area contributed by atoms with Gasteiger partial charge in [0.25, 0.3) is 10.0 Å². The molecule has 37 heavy (non-hydrogen) atoms. The standard InChI is InChI=1S/C28H26N4O4S/c1-18-15-29-17-22-23(14-24(31-28(18)22)21-6-2-3-7-25(21)33)30-16-19-10-12-20(13-11-19)32-37(35,36)27-9-5-4-8-26(27)34/h2-15,22,30,32-34H,16-17H2,1H3. The maximum atomic E-state index is 12.6. The quantitative estimate of drug-likeness (QED) is 0.373. The van der Waals surface area contributed by atoms with Gasteiger partial charge in [-0.1, -0.05) is 36.4 Å². The Bertz CT molecular complexity index is 1570. The predicted octanol–water partition coefficient (Wildman–Crippen LogP) is 4.35. The summed E-state index contributed by atoms with van der Waals surface area (Å²) in [6, 6.07) is 19.9. The minimum atomic E-state index is -3.92. The van der Waals surface area contributed by atoms with E-state index in [1.165, 1.54) is 12.1 Å².